The van der Waals surface area contributed by atoms with Crippen molar-refractivity contribution in [1.29, 1.82) is 0 Å². The maximum absolute atomic E-state index is 15.8. The number of piperazine rings is 1. The van der Waals surface area contributed by atoms with E-state index in [-0.39, 0.29) is 17.2 Å². The van der Waals surface area contributed by atoms with Crippen LogP contribution < -0.4 is 20.7 Å². The number of anilines is 2. The first-order valence-corrected chi connectivity index (χ1v) is 14.6. The summed E-state index contributed by atoms with van der Waals surface area (Å²) in [4.78, 5) is 22.3. The molecule has 11 heteroatoms. The van der Waals surface area contributed by atoms with Gasteiger partial charge in [0.15, 0.2) is 5.82 Å². The van der Waals surface area contributed by atoms with Crippen LogP contribution in [0.15, 0.2) is 23.7 Å². The minimum atomic E-state index is -0.513. The van der Waals surface area contributed by atoms with Crippen LogP contribution in [-0.2, 0) is 0 Å². The maximum Gasteiger partial charge on any atom is 0.318 e. The maximum atomic E-state index is 15.8. The van der Waals surface area contributed by atoms with Gasteiger partial charge in [-0.05, 0) is 58.0 Å². The number of likely N-dealkylation sites (tertiary alicyclic amines) is 1. The van der Waals surface area contributed by atoms with Crippen molar-refractivity contribution < 1.29 is 9.13 Å². The summed E-state index contributed by atoms with van der Waals surface area (Å²) in [5, 5.41) is 6.03. The van der Waals surface area contributed by atoms with E-state index in [1.165, 1.54) is 44.4 Å². The van der Waals surface area contributed by atoms with E-state index in [0.29, 0.717) is 40.2 Å². The number of hydrogen-bond donors (Lipinski definition) is 2. The Labute approximate surface area is 232 Å². The lowest BCUT2D eigenvalue weighted by molar-refractivity contribution is 0.380. The van der Waals surface area contributed by atoms with E-state index >= 15 is 4.39 Å². The molecule has 0 radical (unpaired) electrons. The molecule has 0 spiro atoms. The molecular weight excluding hydrogens is 515 g/mol. The zero-order valence-electron chi connectivity index (χ0n) is 23.1. The molecule has 2 atom stereocenters. The van der Waals surface area contributed by atoms with Gasteiger partial charge in [0.2, 0.25) is 0 Å². The average molecular weight is 553 g/mol. The normalized spacial score (nSPS) is 20.5. The van der Waals surface area contributed by atoms with Crippen LogP contribution in [0.2, 0.25) is 0 Å². The molecule has 4 aromatic heterocycles. The number of ether oxygens (including phenoxy) is 1. The molecule has 2 unspecified atom stereocenters. The van der Waals surface area contributed by atoms with E-state index in [0.717, 1.165) is 30.6 Å². The fourth-order valence-corrected chi connectivity index (χ4v) is 6.36. The third-order valence-electron chi connectivity index (χ3n) is 7.37. The Morgan fingerprint density at radius 1 is 1.05 bits per heavy atom. The van der Waals surface area contributed by atoms with Crippen LogP contribution in [0, 0.1) is 5.82 Å². The lowest BCUT2D eigenvalue weighted by Gasteiger charge is -2.34. The Morgan fingerprint density at radius 3 is 2.41 bits per heavy atom. The molecule has 3 fully saturated rings. The van der Waals surface area contributed by atoms with Crippen molar-refractivity contribution in [2.75, 3.05) is 51.0 Å². The van der Waals surface area contributed by atoms with E-state index in [1.54, 1.807) is 12.3 Å². The first-order chi connectivity index (χ1) is 19.0. The Kier molecular flexibility index (Phi) is 8.39. The number of nitrogens with zero attached hydrogens (tertiary/aromatic N) is 6. The molecule has 3 N–H and O–H groups in total. The second-order valence-corrected chi connectivity index (χ2v) is 10.9. The first kappa shape index (κ1) is 27.4. The average Bonchev–Trinajstić information content (AvgIpc) is 3.69. The lowest BCUT2D eigenvalue weighted by atomic mass is 10.1. The summed E-state index contributed by atoms with van der Waals surface area (Å²) in [6.07, 6.45) is 6.76. The minimum absolute atomic E-state index is 0.141. The largest absolute Gasteiger partial charge is 0.467 e. The van der Waals surface area contributed by atoms with Gasteiger partial charge in [-0.3, -0.25) is 4.98 Å². The number of rotatable bonds is 3. The van der Waals surface area contributed by atoms with Crippen molar-refractivity contribution >= 4 is 44.1 Å². The molecule has 3 aliphatic rings. The number of nitrogens with one attached hydrogen (secondary N) is 1. The van der Waals surface area contributed by atoms with E-state index in [1.807, 2.05) is 25.3 Å². The Balaban J connectivity index is 0.000000337. The summed E-state index contributed by atoms with van der Waals surface area (Å²) in [5.41, 5.74) is 7.49. The predicted octanol–water partition coefficient (Wildman–Crippen LogP) is 4.71. The molecule has 2 bridgehead atoms. The van der Waals surface area contributed by atoms with E-state index in [4.69, 9.17) is 10.5 Å². The van der Waals surface area contributed by atoms with Gasteiger partial charge >= 0.3 is 6.01 Å². The molecule has 7 heterocycles. The van der Waals surface area contributed by atoms with Crippen LogP contribution >= 0.6 is 11.3 Å². The number of nitrogens with two attached hydrogens (primary N) is 1. The minimum Gasteiger partial charge on any atom is -0.467 e. The second kappa shape index (κ2) is 11.9. The molecule has 208 valence electrons. The molecule has 0 aliphatic carbocycles. The second-order valence-electron chi connectivity index (χ2n) is 10.0. The van der Waals surface area contributed by atoms with Crippen molar-refractivity contribution in [3.8, 4) is 17.3 Å². The molecule has 3 aliphatic heterocycles. The number of methoxy groups -OCH3 is 1. The number of nitrogen functional groups attached to an aromatic ring is 1. The molecular formula is C28H37FN8OS. The summed E-state index contributed by atoms with van der Waals surface area (Å²) in [7, 11) is 3.67. The molecule has 4 aromatic rings. The highest BCUT2D eigenvalue weighted by Crippen LogP contribution is 2.37. The van der Waals surface area contributed by atoms with Crippen LogP contribution in [0.5, 0.6) is 6.01 Å². The molecule has 7 rings (SSSR count). The van der Waals surface area contributed by atoms with Crippen molar-refractivity contribution in [2.24, 2.45) is 0 Å². The molecule has 9 nitrogen and oxygen atoms in total. The van der Waals surface area contributed by atoms with Gasteiger partial charge in [-0.2, -0.15) is 9.97 Å². The van der Waals surface area contributed by atoms with Gasteiger partial charge < -0.3 is 25.6 Å². The summed E-state index contributed by atoms with van der Waals surface area (Å²) in [6, 6.07) is 4.59. The number of fused-ring (bicyclic) bond motifs is 4. The van der Waals surface area contributed by atoms with Gasteiger partial charge in [-0.25, -0.2) is 9.37 Å². The summed E-state index contributed by atoms with van der Waals surface area (Å²) >= 11 is 1.48. The number of pyridine rings is 2. The predicted molar refractivity (Wildman–Crippen MR) is 157 cm³/mol. The van der Waals surface area contributed by atoms with E-state index in [2.05, 4.69) is 42.1 Å². The van der Waals surface area contributed by atoms with Crippen LogP contribution in [0.1, 0.15) is 39.5 Å². The number of aromatic nitrogens is 4. The van der Waals surface area contributed by atoms with Gasteiger partial charge in [0.1, 0.15) is 22.8 Å². The smallest absolute Gasteiger partial charge is 0.318 e. The zero-order valence-corrected chi connectivity index (χ0v) is 23.9. The molecule has 0 amide bonds. The Bertz CT molecular complexity index is 1430. The Morgan fingerprint density at radius 2 is 1.77 bits per heavy atom. The third-order valence-corrected chi connectivity index (χ3v) is 8.30. The zero-order chi connectivity index (χ0) is 27.5. The summed E-state index contributed by atoms with van der Waals surface area (Å²) < 4.78 is 22.0. The topological polar surface area (TPSA) is 105 Å². The molecule has 39 heavy (non-hydrogen) atoms. The lowest BCUT2D eigenvalue weighted by Crippen LogP contribution is -2.51. The van der Waals surface area contributed by atoms with Crippen molar-refractivity contribution in [2.45, 2.75) is 51.6 Å². The van der Waals surface area contributed by atoms with Gasteiger partial charge in [0.25, 0.3) is 0 Å². The van der Waals surface area contributed by atoms with Crippen LogP contribution in [-0.4, -0.2) is 77.3 Å². The third kappa shape index (κ3) is 5.61. The highest BCUT2D eigenvalue weighted by Gasteiger charge is 2.34. The van der Waals surface area contributed by atoms with Gasteiger partial charge in [0.05, 0.1) is 22.7 Å². The first-order valence-electron chi connectivity index (χ1n) is 13.7. The van der Waals surface area contributed by atoms with Crippen molar-refractivity contribution in [1.82, 2.24) is 30.2 Å². The molecule has 0 saturated carbocycles. The van der Waals surface area contributed by atoms with E-state index < -0.39 is 5.82 Å². The van der Waals surface area contributed by atoms with E-state index in [9.17, 15) is 0 Å². The summed E-state index contributed by atoms with van der Waals surface area (Å²) in [6.45, 7) is 8.26. The monoisotopic (exact) mass is 552 g/mol. The number of hydrogen-bond acceptors (Lipinski definition) is 10. The van der Waals surface area contributed by atoms with Crippen LogP contribution in [0.25, 0.3) is 32.4 Å². The Hall–Kier alpha value is -3.15. The van der Waals surface area contributed by atoms with Gasteiger partial charge in [0, 0.05) is 42.3 Å². The quantitative estimate of drug-likeness (QED) is 0.374. The van der Waals surface area contributed by atoms with Gasteiger partial charge in [-0.1, -0.05) is 13.8 Å². The molecule has 0 aromatic carbocycles. The number of halogens is 1. The van der Waals surface area contributed by atoms with Gasteiger partial charge in [-0.15, -0.1) is 11.3 Å². The highest BCUT2D eigenvalue weighted by atomic mass is 32.1. The number of thiophene rings is 1. The van der Waals surface area contributed by atoms with Crippen molar-refractivity contribution in [3.63, 3.8) is 0 Å². The highest BCUT2D eigenvalue weighted by molar-refractivity contribution is 7.17. The van der Waals surface area contributed by atoms with Crippen molar-refractivity contribution in [3.05, 3.63) is 29.5 Å². The SMILES string of the molecule is CC.CN1CCCC1.COc1nc(N2CC3CCC(C2)N3)c2cnc(-c3csc4ccc(N)nc34)c(F)c2n1. The molecule has 3 saturated heterocycles. The fraction of sp³-hybridized carbons (Fsp3) is 0.500. The summed E-state index contributed by atoms with van der Waals surface area (Å²) in [5.74, 6) is 0.533. The standard InChI is InChI=1S/C21H20FN7OS.C5H11N.C2H6/c1-30-21-27-19-12(20(28-21)29-7-10-2-3-11(8-29)25-10)6-24-18(16(19)22)13-9-31-14-4-5-15(23)26-17(13)14;1-6-4-2-3-5-6;1-2/h4-6,9-11,25H,2-3,7-8H2,1H3,(H2,23,26);2-5H2,1H3;1-2H3. The van der Waals surface area contributed by atoms with Crippen LogP contribution in [0.3, 0.4) is 0 Å². The fourth-order valence-electron chi connectivity index (χ4n) is 5.48. The van der Waals surface area contributed by atoms with Crippen LogP contribution in [0.4, 0.5) is 16.0 Å².